The van der Waals surface area contributed by atoms with Gasteiger partial charge < -0.3 is 5.11 Å². The zero-order valence-electron chi connectivity index (χ0n) is 11.3. The maximum Gasteiger partial charge on any atom is 0.324 e. The van der Waals surface area contributed by atoms with E-state index in [4.69, 9.17) is 0 Å². The molecule has 0 amide bonds. The van der Waals surface area contributed by atoms with Gasteiger partial charge in [-0.25, -0.2) is 8.42 Å². The molecule has 0 aliphatic rings. The molecule has 0 atom stereocenters. The summed E-state index contributed by atoms with van der Waals surface area (Å²) in [6.07, 6.45) is 0.369. The molecule has 106 valence electrons. The molecule has 6 heteroatoms. The highest BCUT2D eigenvalue weighted by Crippen LogP contribution is 2.20. The zero-order valence-corrected chi connectivity index (χ0v) is 12.1. The smallest absolute Gasteiger partial charge is 0.324 e. The molecule has 1 rings (SSSR count). The number of aryl methyl sites for hydroxylation is 1. The highest BCUT2D eigenvalue weighted by atomic mass is 32.2. The lowest BCUT2D eigenvalue weighted by molar-refractivity contribution is -0.144. The van der Waals surface area contributed by atoms with Crippen LogP contribution in [0.3, 0.4) is 0 Å². The van der Waals surface area contributed by atoms with Crippen molar-refractivity contribution in [2.24, 2.45) is 0 Å². The summed E-state index contributed by atoms with van der Waals surface area (Å²) in [6.45, 7) is 5.15. The summed E-state index contributed by atoms with van der Waals surface area (Å²) in [5.74, 6) is -1.16. The summed E-state index contributed by atoms with van der Waals surface area (Å²) >= 11 is 0. The minimum Gasteiger partial charge on any atom is -0.480 e. The summed E-state index contributed by atoms with van der Waals surface area (Å²) in [4.78, 5) is 11.4. The first-order valence-electron chi connectivity index (χ1n) is 6.11. The Labute approximate surface area is 113 Å². The van der Waals surface area contributed by atoms with Crippen LogP contribution < -0.4 is 4.72 Å². The molecule has 0 unspecified atom stereocenters. The van der Waals surface area contributed by atoms with Crippen LogP contribution in [0.4, 0.5) is 0 Å². The number of aliphatic carboxylic acids is 1. The van der Waals surface area contributed by atoms with Crippen LogP contribution in [-0.2, 0) is 14.8 Å². The Morgan fingerprint density at radius 1 is 1.21 bits per heavy atom. The van der Waals surface area contributed by atoms with Crippen LogP contribution >= 0.6 is 0 Å². The lowest BCUT2D eigenvalue weighted by Gasteiger charge is -2.27. The van der Waals surface area contributed by atoms with Crippen molar-refractivity contribution in [2.75, 3.05) is 0 Å². The highest BCUT2D eigenvalue weighted by Gasteiger charge is 2.39. The Morgan fingerprint density at radius 3 is 2.05 bits per heavy atom. The van der Waals surface area contributed by atoms with E-state index in [0.29, 0.717) is 0 Å². The Morgan fingerprint density at radius 2 is 1.68 bits per heavy atom. The van der Waals surface area contributed by atoms with E-state index in [1.165, 1.54) is 12.1 Å². The van der Waals surface area contributed by atoms with Gasteiger partial charge in [-0.1, -0.05) is 31.5 Å². The number of carboxylic acids is 1. The molecule has 0 aliphatic carbocycles. The molecule has 0 aromatic heterocycles. The molecule has 0 radical (unpaired) electrons. The number of hydrogen-bond acceptors (Lipinski definition) is 3. The number of sulfonamides is 1. The van der Waals surface area contributed by atoms with Crippen molar-refractivity contribution in [2.45, 2.75) is 44.0 Å². The minimum atomic E-state index is -3.83. The van der Waals surface area contributed by atoms with Gasteiger partial charge in [0.25, 0.3) is 0 Å². The number of rotatable bonds is 6. The molecule has 0 bridgehead atoms. The molecule has 1 aromatic carbocycles. The van der Waals surface area contributed by atoms with Crippen LogP contribution in [0.25, 0.3) is 0 Å². The van der Waals surface area contributed by atoms with Gasteiger partial charge in [0.2, 0.25) is 10.0 Å². The van der Waals surface area contributed by atoms with Crippen molar-refractivity contribution in [3.05, 3.63) is 29.8 Å². The zero-order chi connectivity index (χ0) is 14.7. The molecule has 0 saturated carbocycles. The summed E-state index contributed by atoms with van der Waals surface area (Å²) < 4.78 is 26.7. The third kappa shape index (κ3) is 3.33. The fraction of sp³-hybridized carbons (Fsp3) is 0.462. The average Bonchev–Trinajstić information content (AvgIpc) is 2.36. The summed E-state index contributed by atoms with van der Waals surface area (Å²) in [7, 11) is -3.83. The molecule has 2 N–H and O–H groups in total. The van der Waals surface area contributed by atoms with E-state index < -0.39 is 21.5 Å². The summed E-state index contributed by atoms with van der Waals surface area (Å²) in [5, 5.41) is 9.25. The van der Waals surface area contributed by atoms with Crippen LogP contribution in [0.2, 0.25) is 0 Å². The topological polar surface area (TPSA) is 83.5 Å². The van der Waals surface area contributed by atoms with E-state index in [1.807, 2.05) is 6.92 Å². The third-order valence-electron chi connectivity index (χ3n) is 3.28. The Hall–Kier alpha value is -1.40. The van der Waals surface area contributed by atoms with Crippen LogP contribution in [0, 0.1) is 6.92 Å². The molecular weight excluding hydrogens is 266 g/mol. The lowest BCUT2D eigenvalue weighted by atomic mass is 9.95. The highest BCUT2D eigenvalue weighted by molar-refractivity contribution is 7.89. The number of benzene rings is 1. The molecule has 5 nitrogen and oxygen atoms in total. The number of carboxylic acid groups (broad SMARTS) is 1. The van der Waals surface area contributed by atoms with Gasteiger partial charge >= 0.3 is 5.97 Å². The van der Waals surface area contributed by atoms with Crippen molar-refractivity contribution in [1.29, 1.82) is 0 Å². The van der Waals surface area contributed by atoms with E-state index in [9.17, 15) is 18.3 Å². The predicted molar refractivity (Wildman–Crippen MR) is 72.4 cm³/mol. The average molecular weight is 285 g/mol. The van der Waals surface area contributed by atoms with Crippen LogP contribution in [0.1, 0.15) is 32.3 Å². The van der Waals surface area contributed by atoms with E-state index in [2.05, 4.69) is 4.72 Å². The van der Waals surface area contributed by atoms with Gasteiger partial charge in [0.15, 0.2) is 0 Å². The molecule has 0 saturated heterocycles. The Bertz CT molecular complexity index is 545. The fourth-order valence-electron chi connectivity index (χ4n) is 1.77. The fourth-order valence-corrected chi connectivity index (χ4v) is 3.28. The van der Waals surface area contributed by atoms with E-state index in [0.717, 1.165) is 5.56 Å². The molecule has 0 fully saturated rings. The van der Waals surface area contributed by atoms with Gasteiger partial charge in [0.05, 0.1) is 4.90 Å². The van der Waals surface area contributed by atoms with Crippen LogP contribution in [0.15, 0.2) is 29.2 Å². The maximum atomic E-state index is 12.2. The van der Waals surface area contributed by atoms with Crippen molar-refractivity contribution < 1.29 is 18.3 Å². The standard InChI is InChI=1S/C13H19NO4S/c1-4-13(5-2,12(15)16)14-19(17,18)11-8-6-10(3)7-9-11/h6-9,14H,4-5H2,1-3H3,(H,15,16). The molecule has 0 aliphatic heterocycles. The van der Waals surface area contributed by atoms with Gasteiger partial charge in [0, 0.05) is 0 Å². The second kappa shape index (κ2) is 5.71. The number of nitrogens with one attached hydrogen (secondary N) is 1. The lowest BCUT2D eigenvalue weighted by Crippen LogP contribution is -2.53. The van der Waals surface area contributed by atoms with Gasteiger partial charge in [0.1, 0.15) is 5.54 Å². The normalized spacial score (nSPS) is 12.4. The van der Waals surface area contributed by atoms with Crippen LogP contribution in [-0.4, -0.2) is 25.0 Å². The maximum absolute atomic E-state index is 12.2. The molecular formula is C13H19NO4S. The van der Waals surface area contributed by atoms with Crippen molar-refractivity contribution in [3.63, 3.8) is 0 Å². The minimum absolute atomic E-state index is 0.0747. The monoisotopic (exact) mass is 285 g/mol. The van der Waals surface area contributed by atoms with E-state index in [-0.39, 0.29) is 17.7 Å². The molecule has 0 spiro atoms. The van der Waals surface area contributed by atoms with E-state index in [1.54, 1.807) is 26.0 Å². The van der Waals surface area contributed by atoms with Crippen LogP contribution in [0.5, 0.6) is 0 Å². The first-order valence-corrected chi connectivity index (χ1v) is 7.60. The summed E-state index contributed by atoms with van der Waals surface area (Å²) in [5.41, 5.74) is -0.515. The predicted octanol–water partition coefficient (Wildman–Crippen LogP) is 1.92. The third-order valence-corrected chi connectivity index (χ3v) is 4.83. The summed E-state index contributed by atoms with van der Waals surface area (Å²) in [6, 6.07) is 6.29. The Balaban J connectivity index is 3.14. The number of hydrogen-bond donors (Lipinski definition) is 2. The second-order valence-corrected chi connectivity index (χ2v) is 6.20. The second-order valence-electron chi connectivity index (χ2n) is 4.51. The van der Waals surface area contributed by atoms with E-state index >= 15 is 0 Å². The Kier molecular flexibility index (Phi) is 4.70. The SMILES string of the molecule is CCC(CC)(NS(=O)(=O)c1ccc(C)cc1)C(=O)O. The molecule has 1 aromatic rings. The van der Waals surface area contributed by atoms with Gasteiger partial charge in [-0.15, -0.1) is 0 Å². The van der Waals surface area contributed by atoms with Crippen molar-refractivity contribution in [3.8, 4) is 0 Å². The first kappa shape index (κ1) is 15.7. The van der Waals surface area contributed by atoms with Gasteiger partial charge in [-0.05, 0) is 31.9 Å². The molecule has 19 heavy (non-hydrogen) atoms. The van der Waals surface area contributed by atoms with Crippen molar-refractivity contribution in [1.82, 2.24) is 4.72 Å². The van der Waals surface area contributed by atoms with Gasteiger partial charge in [-0.2, -0.15) is 4.72 Å². The molecule has 0 heterocycles. The number of carbonyl (C=O) groups is 1. The quantitative estimate of drug-likeness (QED) is 0.836. The first-order chi connectivity index (χ1) is 8.77. The van der Waals surface area contributed by atoms with Crippen molar-refractivity contribution >= 4 is 16.0 Å². The largest absolute Gasteiger partial charge is 0.480 e. The van der Waals surface area contributed by atoms with Gasteiger partial charge in [-0.3, -0.25) is 4.79 Å².